The maximum absolute atomic E-state index is 2.42. The number of thiophene rings is 1. The second-order valence-corrected chi connectivity index (χ2v) is 20.7. The van der Waals surface area contributed by atoms with Gasteiger partial charge in [0.25, 0.3) is 0 Å². The van der Waals surface area contributed by atoms with Crippen LogP contribution in [-0.4, -0.2) is 0 Å². The van der Waals surface area contributed by atoms with Crippen molar-refractivity contribution >= 4 is 67.0 Å². The van der Waals surface area contributed by atoms with Gasteiger partial charge >= 0.3 is 0 Å². The number of nitrogens with zero attached hydrogens (tertiary/aromatic N) is 2. The van der Waals surface area contributed by atoms with E-state index in [9.17, 15) is 0 Å². The van der Waals surface area contributed by atoms with Gasteiger partial charge in [0.05, 0.1) is 0 Å². The number of hydrogen-bond acceptors (Lipinski definition) is 3. The molecule has 12 aromatic carbocycles. The molecule has 0 saturated heterocycles. The first-order valence-corrected chi connectivity index (χ1v) is 27.2. The molecule has 13 rings (SSSR count). The molecule has 0 amide bonds. The van der Waals surface area contributed by atoms with Gasteiger partial charge in [-0.1, -0.05) is 231 Å². The summed E-state index contributed by atoms with van der Waals surface area (Å²) >= 11 is 1.88. The lowest BCUT2D eigenvalue weighted by Crippen LogP contribution is -2.11. The van der Waals surface area contributed by atoms with Crippen LogP contribution in [0.3, 0.4) is 0 Å². The molecular weight excluding hydrogens is 949 g/mol. The predicted molar refractivity (Wildman–Crippen MR) is 331 cm³/mol. The molecule has 0 radical (unpaired) electrons. The van der Waals surface area contributed by atoms with E-state index >= 15 is 0 Å². The third-order valence-corrected chi connectivity index (χ3v) is 16.3. The van der Waals surface area contributed by atoms with Crippen molar-refractivity contribution in [2.45, 2.75) is 13.8 Å². The lowest BCUT2D eigenvalue weighted by Gasteiger charge is -2.28. The Hall–Kier alpha value is -9.54. The Morgan fingerprint density at radius 1 is 0.247 bits per heavy atom. The largest absolute Gasteiger partial charge is 0.310 e. The molecule has 0 aliphatic carbocycles. The standard InChI is InChI=1S/C74H54N2S/c1-51-67-35-17-15-25-55(67)41-47-69(51)75(65-33-19-31-61(49-65)53-21-7-3-8-22-53)63-43-37-59(38-44-63)73-71(57-27-11-5-12-28-57)72(58-29-13-6-14-30-58)74(77-73)60-39-45-64(46-40-60)76(70-48-42-56-26-16-18-36-68(56)52(70)2)66-34-20-32-62(50-66)54-23-9-4-10-24-54/h3-50H,1-2H3. The average molecular weight is 1000 g/mol. The highest BCUT2D eigenvalue weighted by Crippen LogP contribution is 2.53. The fourth-order valence-corrected chi connectivity index (χ4v) is 12.6. The van der Waals surface area contributed by atoms with Gasteiger partial charge in [-0.3, -0.25) is 0 Å². The zero-order valence-electron chi connectivity index (χ0n) is 43.0. The second-order valence-electron chi connectivity index (χ2n) is 19.7. The predicted octanol–water partition coefficient (Wildman–Crippen LogP) is 21.6. The van der Waals surface area contributed by atoms with Crippen LogP contribution in [0.15, 0.2) is 291 Å². The molecule has 2 nitrogen and oxygen atoms in total. The SMILES string of the molecule is Cc1c(N(c2ccc(-c3sc(-c4ccc(N(c5cccc(-c6ccccc6)c5)c5ccc6ccccc6c5C)cc4)c(-c4ccccc4)c3-c3ccccc3)cc2)c2cccc(-c3ccccc3)c2)ccc2ccccc12. The van der Waals surface area contributed by atoms with Crippen molar-refractivity contribution in [3.05, 3.63) is 302 Å². The van der Waals surface area contributed by atoms with E-state index in [1.807, 2.05) is 11.3 Å². The Morgan fingerprint density at radius 3 is 0.974 bits per heavy atom. The highest BCUT2D eigenvalue weighted by atomic mass is 32.1. The minimum absolute atomic E-state index is 1.09. The second kappa shape index (κ2) is 20.6. The van der Waals surface area contributed by atoms with Crippen LogP contribution in [0.5, 0.6) is 0 Å². The number of hydrogen-bond donors (Lipinski definition) is 0. The van der Waals surface area contributed by atoms with E-state index in [0.29, 0.717) is 0 Å². The minimum atomic E-state index is 1.09. The zero-order valence-corrected chi connectivity index (χ0v) is 43.8. The van der Waals surface area contributed by atoms with Crippen molar-refractivity contribution in [3.8, 4) is 65.4 Å². The van der Waals surface area contributed by atoms with Gasteiger partial charge in [-0.2, -0.15) is 0 Å². The summed E-state index contributed by atoms with van der Waals surface area (Å²) in [5, 5.41) is 4.97. The van der Waals surface area contributed by atoms with E-state index < -0.39 is 0 Å². The van der Waals surface area contributed by atoms with Crippen molar-refractivity contribution < 1.29 is 0 Å². The molecule has 0 saturated carbocycles. The van der Waals surface area contributed by atoms with Gasteiger partial charge in [-0.15, -0.1) is 11.3 Å². The van der Waals surface area contributed by atoms with Crippen LogP contribution in [0.2, 0.25) is 0 Å². The molecule has 13 aromatic rings. The van der Waals surface area contributed by atoms with E-state index in [-0.39, 0.29) is 0 Å². The number of fused-ring (bicyclic) bond motifs is 2. The van der Waals surface area contributed by atoms with E-state index in [0.717, 1.165) is 34.1 Å². The van der Waals surface area contributed by atoms with Crippen LogP contribution in [0.1, 0.15) is 11.1 Å². The van der Waals surface area contributed by atoms with Gasteiger partial charge in [0.2, 0.25) is 0 Å². The number of aryl methyl sites for hydroxylation is 2. The molecule has 77 heavy (non-hydrogen) atoms. The van der Waals surface area contributed by atoms with Crippen LogP contribution in [0.25, 0.3) is 86.9 Å². The van der Waals surface area contributed by atoms with Crippen molar-refractivity contribution in [3.63, 3.8) is 0 Å². The van der Waals surface area contributed by atoms with Crippen molar-refractivity contribution in [1.82, 2.24) is 0 Å². The molecule has 0 fully saturated rings. The molecular formula is C74H54N2S. The van der Waals surface area contributed by atoms with Crippen LogP contribution < -0.4 is 9.80 Å². The van der Waals surface area contributed by atoms with Crippen LogP contribution in [0, 0.1) is 13.8 Å². The Bertz CT molecular complexity index is 3930. The van der Waals surface area contributed by atoms with E-state index in [4.69, 9.17) is 0 Å². The topological polar surface area (TPSA) is 6.48 Å². The van der Waals surface area contributed by atoms with Gasteiger partial charge in [-0.05, 0) is 152 Å². The molecule has 1 heterocycles. The molecule has 0 bridgehead atoms. The third kappa shape index (κ3) is 9.07. The summed E-state index contributed by atoms with van der Waals surface area (Å²) in [6.07, 6.45) is 0. The number of benzene rings is 12. The third-order valence-electron chi connectivity index (χ3n) is 15.1. The Kier molecular flexibility index (Phi) is 12.7. The minimum Gasteiger partial charge on any atom is -0.310 e. The highest BCUT2D eigenvalue weighted by molar-refractivity contribution is 7.20. The summed E-state index contributed by atoms with van der Waals surface area (Å²) in [6.45, 7) is 4.50. The Morgan fingerprint density at radius 2 is 0.584 bits per heavy atom. The molecule has 0 aliphatic rings. The van der Waals surface area contributed by atoms with Gasteiger partial charge in [0.1, 0.15) is 0 Å². The molecule has 3 heteroatoms. The van der Waals surface area contributed by atoms with Gasteiger partial charge in [0.15, 0.2) is 0 Å². The Labute approximate surface area is 455 Å². The van der Waals surface area contributed by atoms with Crippen LogP contribution in [0.4, 0.5) is 34.1 Å². The molecule has 0 unspecified atom stereocenters. The fraction of sp³-hybridized carbons (Fsp3) is 0.0270. The summed E-state index contributed by atoms with van der Waals surface area (Å²) in [6, 6.07) is 106. The summed E-state index contributed by atoms with van der Waals surface area (Å²) in [4.78, 5) is 7.30. The normalized spacial score (nSPS) is 11.2. The number of anilines is 6. The van der Waals surface area contributed by atoms with E-state index in [2.05, 4.69) is 315 Å². The zero-order chi connectivity index (χ0) is 51.7. The van der Waals surface area contributed by atoms with Crippen molar-refractivity contribution in [1.29, 1.82) is 0 Å². The van der Waals surface area contributed by atoms with Crippen LogP contribution >= 0.6 is 11.3 Å². The maximum Gasteiger partial charge on any atom is 0.0497 e. The quantitative estimate of drug-likeness (QED) is 0.120. The first-order valence-electron chi connectivity index (χ1n) is 26.4. The average Bonchev–Trinajstić information content (AvgIpc) is 3.91. The molecule has 366 valence electrons. The fourth-order valence-electron chi connectivity index (χ4n) is 11.2. The summed E-state index contributed by atoms with van der Waals surface area (Å²) in [5.74, 6) is 0. The lowest BCUT2D eigenvalue weighted by molar-refractivity contribution is 1.26. The first-order chi connectivity index (χ1) is 38.0. The van der Waals surface area contributed by atoms with Crippen LogP contribution in [-0.2, 0) is 0 Å². The molecule has 0 N–H and O–H groups in total. The van der Waals surface area contributed by atoms with E-state index in [1.54, 1.807) is 0 Å². The summed E-state index contributed by atoms with van der Waals surface area (Å²) < 4.78 is 0. The molecule has 0 atom stereocenters. The number of rotatable bonds is 12. The monoisotopic (exact) mass is 1000 g/mol. The van der Waals surface area contributed by atoms with Gasteiger partial charge < -0.3 is 9.80 Å². The van der Waals surface area contributed by atoms with Gasteiger partial charge in [0, 0.05) is 55.0 Å². The van der Waals surface area contributed by atoms with E-state index in [1.165, 1.54) is 98.1 Å². The van der Waals surface area contributed by atoms with Crippen molar-refractivity contribution in [2.75, 3.05) is 9.80 Å². The Balaban J connectivity index is 0.955. The van der Waals surface area contributed by atoms with Gasteiger partial charge in [-0.25, -0.2) is 0 Å². The smallest absolute Gasteiger partial charge is 0.0497 e. The lowest BCUT2D eigenvalue weighted by atomic mass is 9.91. The molecule has 0 spiro atoms. The maximum atomic E-state index is 2.42. The first kappa shape index (κ1) is 47.2. The molecule has 1 aromatic heterocycles. The summed E-state index contributed by atoms with van der Waals surface area (Å²) in [7, 11) is 0. The molecule has 0 aliphatic heterocycles. The summed E-state index contributed by atoms with van der Waals surface area (Å²) in [5.41, 5.74) is 21.1. The highest BCUT2D eigenvalue weighted by Gasteiger charge is 2.25. The van der Waals surface area contributed by atoms with Crippen molar-refractivity contribution in [2.24, 2.45) is 0 Å².